The molecular formula is C23H30N2O4. The predicted octanol–water partition coefficient (Wildman–Crippen LogP) is 3.24. The van der Waals surface area contributed by atoms with Crippen molar-refractivity contribution in [2.45, 2.75) is 39.5 Å². The van der Waals surface area contributed by atoms with Crippen molar-refractivity contribution in [1.29, 1.82) is 0 Å². The molecule has 156 valence electrons. The van der Waals surface area contributed by atoms with E-state index in [1.807, 2.05) is 48.5 Å². The maximum atomic E-state index is 10.8. The lowest BCUT2D eigenvalue weighted by molar-refractivity contribution is -0.119. The highest BCUT2D eigenvalue weighted by atomic mass is 16.7. The van der Waals surface area contributed by atoms with Gasteiger partial charge < -0.3 is 20.1 Å². The van der Waals surface area contributed by atoms with Gasteiger partial charge in [-0.05, 0) is 61.1 Å². The van der Waals surface area contributed by atoms with Crippen molar-refractivity contribution in [3.05, 3.63) is 59.7 Å². The van der Waals surface area contributed by atoms with Crippen molar-refractivity contribution in [2.75, 3.05) is 19.9 Å². The molecule has 29 heavy (non-hydrogen) atoms. The summed E-state index contributed by atoms with van der Waals surface area (Å²) >= 11 is 0. The Balaban J connectivity index is 1.64. The number of hydrogen-bond acceptors (Lipinski definition) is 4. The van der Waals surface area contributed by atoms with Crippen molar-refractivity contribution in [2.24, 2.45) is 0 Å². The zero-order valence-electron chi connectivity index (χ0n) is 17.2. The maximum Gasteiger partial charge on any atom is 0.230 e. The Hall–Kier alpha value is -3.02. The molecule has 2 aromatic carbocycles. The molecule has 0 fully saturated rings. The first kappa shape index (κ1) is 22.3. The van der Waals surface area contributed by atoms with Gasteiger partial charge in [0.05, 0.1) is 0 Å². The summed E-state index contributed by atoms with van der Waals surface area (Å²) in [4.78, 5) is 21.7. The smallest absolute Gasteiger partial charge is 0.230 e. The van der Waals surface area contributed by atoms with Gasteiger partial charge in [-0.3, -0.25) is 9.59 Å². The molecule has 0 bridgehead atoms. The highest BCUT2D eigenvalue weighted by molar-refractivity contribution is 5.73. The van der Waals surface area contributed by atoms with Crippen molar-refractivity contribution in [1.82, 2.24) is 10.6 Å². The van der Waals surface area contributed by atoms with Gasteiger partial charge in [0, 0.05) is 26.9 Å². The standard InChI is InChI=1S/C23H30N2O4/c1-18(26)24-15-3-5-20-7-11-22(12-8-20)28-17-29-23-13-9-21(10-14-23)6-4-16-25-19(2)27/h7-14H,3-6,15-17H2,1-2H3,(H,24,26)(H,25,27). The molecule has 2 amide bonds. The van der Waals surface area contributed by atoms with Gasteiger partial charge in [0.1, 0.15) is 11.5 Å². The fraction of sp³-hybridized carbons (Fsp3) is 0.391. The fourth-order valence-corrected chi connectivity index (χ4v) is 2.78. The van der Waals surface area contributed by atoms with Crippen LogP contribution in [0.2, 0.25) is 0 Å². The summed E-state index contributed by atoms with van der Waals surface area (Å²) in [6.45, 7) is 4.58. The molecule has 0 saturated carbocycles. The SMILES string of the molecule is CC(=O)NCCCc1ccc(OCOc2ccc(CCCNC(C)=O)cc2)cc1. The zero-order valence-corrected chi connectivity index (χ0v) is 17.2. The molecule has 0 aliphatic carbocycles. The molecule has 0 atom stereocenters. The van der Waals surface area contributed by atoms with Crippen LogP contribution in [-0.4, -0.2) is 31.7 Å². The third kappa shape index (κ3) is 9.65. The predicted molar refractivity (Wildman–Crippen MR) is 113 cm³/mol. The average Bonchev–Trinajstić information content (AvgIpc) is 2.70. The molecule has 2 aromatic rings. The monoisotopic (exact) mass is 398 g/mol. The minimum Gasteiger partial charge on any atom is -0.458 e. The largest absolute Gasteiger partial charge is 0.458 e. The second-order valence-corrected chi connectivity index (χ2v) is 6.87. The second-order valence-electron chi connectivity index (χ2n) is 6.87. The maximum absolute atomic E-state index is 10.8. The molecule has 2 N–H and O–H groups in total. The molecule has 6 nitrogen and oxygen atoms in total. The van der Waals surface area contributed by atoms with Crippen LogP contribution in [0.1, 0.15) is 37.8 Å². The van der Waals surface area contributed by atoms with Crippen molar-refractivity contribution >= 4 is 11.8 Å². The Morgan fingerprint density at radius 3 is 1.41 bits per heavy atom. The number of rotatable bonds is 12. The van der Waals surface area contributed by atoms with E-state index in [1.54, 1.807) is 0 Å². The summed E-state index contributed by atoms with van der Waals surface area (Å²) in [5.74, 6) is 1.52. The highest BCUT2D eigenvalue weighted by Crippen LogP contribution is 2.16. The number of carbonyl (C=O) groups is 2. The Morgan fingerprint density at radius 1 is 0.690 bits per heavy atom. The molecule has 0 unspecified atom stereocenters. The van der Waals surface area contributed by atoms with Crippen molar-refractivity contribution in [3.63, 3.8) is 0 Å². The summed E-state index contributed by atoms with van der Waals surface area (Å²) in [5.41, 5.74) is 2.41. The van der Waals surface area contributed by atoms with E-state index in [1.165, 1.54) is 25.0 Å². The molecule has 0 radical (unpaired) electrons. The van der Waals surface area contributed by atoms with Crippen LogP contribution in [0.25, 0.3) is 0 Å². The van der Waals surface area contributed by atoms with Crippen LogP contribution in [0, 0.1) is 0 Å². The number of hydrogen-bond donors (Lipinski definition) is 2. The van der Waals surface area contributed by atoms with E-state index in [0.717, 1.165) is 37.2 Å². The molecule has 0 saturated heterocycles. The lowest BCUT2D eigenvalue weighted by Gasteiger charge is -2.10. The number of benzene rings is 2. The second kappa shape index (κ2) is 12.4. The van der Waals surface area contributed by atoms with Crippen molar-refractivity contribution < 1.29 is 19.1 Å². The molecule has 2 rings (SSSR count). The first-order chi connectivity index (χ1) is 14.0. The molecule has 6 heteroatoms. The lowest BCUT2D eigenvalue weighted by atomic mass is 10.1. The van der Waals surface area contributed by atoms with E-state index >= 15 is 0 Å². The summed E-state index contributed by atoms with van der Waals surface area (Å²) in [6, 6.07) is 15.8. The van der Waals surface area contributed by atoms with Crippen molar-refractivity contribution in [3.8, 4) is 11.5 Å². The van der Waals surface area contributed by atoms with Gasteiger partial charge >= 0.3 is 0 Å². The molecular weight excluding hydrogens is 368 g/mol. The summed E-state index contributed by atoms with van der Waals surface area (Å²) in [6.07, 6.45) is 3.64. The van der Waals surface area contributed by atoms with Gasteiger partial charge in [0.15, 0.2) is 0 Å². The van der Waals surface area contributed by atoms with Gasteiger partial charge in [-0.15, -0.1) is 0 Å². The van der Waals surface area contributed by atoms with E-state index in [2.05, 4.69) is 10.6 Å². The van der Waals surface area contributed by atoms with Crippen LogP contribution >= 0.6 is 0 Å². The van der Waals surface area contributed by atoms with E-state index in [4.69, 9.17) is 9.47 Å². The quantitative estimate of drug-likeness (QED) is 0.425. The summed E-state index contributed by atoms with van der Waals surface area (Å²) in [5, 5.41) is 5.59. The van der Waals surface area contributed by atoms with Crippen LogP contribution in [-0.2, 0) is 22.4 Å². The number of carbonyl (C=O) groups excluding carboxylic acids is 2. The number of amides is 2. The summed E-state index contributed by atoms with van der Waals surface area (Å²) < 4.78 is 11.3. The van der Waals surface area contributed by atoms with Crippen LogP contribution in [0.3, 0.4) is 0 Å². The number of ether oxygens (including phenoxy) is 2. The lowest BCUT2D eigenvalue weighted by Crippen LogP contribution is -2.21. The zero-order chi connectivity index (χ0) is 20.9. The van der Waals surface area contributed by atoms with E-state index in [9.17, 15) is 9.59 Å². The molecule has 0 aromatic heterocycles. The molecule has 0 aliphatic heterocycles. The summed E-state index contributed by atoms with van der Waals surface area (Å²) in [7, 11) is 0. The third-order valence-electron chi connectivity index (χ3n) is 4.33. The van der Waals surface area contributed by atoms with E-state index in [0.29, 0.717) is 13.1 Å². The minimum atomic E-state index is 0.00496. The third-order valence-corrected chi connectivity index (χ3v) is 4.33. The first-order valence-corrected chi connectivity index (χ1v) is 9.95. The first-order valence-electron chi connectivity index (χ1n) is 9.95. The van der Waals surface area contributed by atoms with Gasteiger partial charge in [-0.25, -0.2) is 0 Å². The van der Waals surface area contributed by atoms with Crippen LogP contribution < -0.4 is 20.1 Å². The normalized spacial score (nSPS) is 10.3. The Bertz CT molecular complexity index is 692. The number of aryl methyl sites for hydroxylation is 2. The Kier molecular flexibility index (Phi) is 9.55. The topological polar surface area (TPSA) is 76.7 Å². The molecule has 0 aliphatic rings. The van der Waals surface area contributed by atoms with E-state index < -0.39 is 0 Å². The molecule has 0 heterocycles. The van der Waals surface area contributed by atoms with Crippen LogP contribution in [0.5, 0.6) is 11.5 Å². The minimum absolute atomic E-state index is 0.00496. The average molecular weight is 399 g/mol. The van der Waals surface area contributed by atoms with Gasteiger partial charge in [-0.2, -0.15) is 0 Å². The van der Waals surface area contributed by atoms with Crippen LogP contribution in [0.15, 0.2) is 48.5 Å². The molecule has 0 spiro atoms. The van der Waals surface area contributed by atoms with E-state index in [-0.39, 0.29) is 18.6 Å². The van der Waals surface area contributed by atoms with Gasteiger partial charge in [0.25, 0.3) is 0 Å². The van der Waals surface area contributed by atoms with Gasteiger partial charge in [0.2, 0.25) is 18.6 Å². The van der Waals surface area contributed by atoms with Crippen LogP contribution in [0.4, 0.5) is 0 Å². The Labute approximate surface area is 172 Å². The highest BCUT2D eigenvalue weighted by Gasteiger charge is 2.00. The fourth-order valence-electron chi connectivity index (χ4n) is 2.78. The Morgan fingerprint density at radius 2 is 1.07 bits per heavy atom. The van der Waals surface area contributed by atoms with Gasteiger partial charge in [-0.1, -0.05) is 24.3 Å². The number of nitrogens with one attached hydrogen (secondary N) is 2.